The van der Waals surface area contributed by atoms with Crippen molar-refractivity contribution in [1.29, 1.82) is 0 Å². The third-order valence-electron chi connectivity index (χ3n) is 3.97. The summed E-state index contributed by atoms with van der Waals surface area (Å²) >= 11 is 1.65. The fourth-order valence-corrected chi connectivity index (χ4v) is 4.05. The van der Waals surface area contributed by atoms with Crippen LogP contribution in [0.25, 0.3) is 20.8 Å². The molecule has 0 saturated carbocycles. The number of thiazole rings is 1. The highest BCUT2D eigenvalue weighted by Gasteiger charge is 2.26. The van der Waals surface area contributed by atoms with E-state index in [9.17, 15) is 4.79 Å². The number of furan rings is 1. The van der Waals surface area contributed by atoms with Crippen molar-refractivity contribution in [1.82, 2.24) is 4.98 Å². The predicted molar refractivity (Wildman–Crippen MR) is 88.3 cm³/mol. The summed E-state index contributed by atoms with van der Waals surface area (Å²) in [5.74, 6) is 1.44. The van der Waals surface area contributed by atoms with Gasteiger partial charge >= 0.3 is 0 Å². The minimum atomic E-state index is -0.117. The Balaban J connectivity index is 1.91. The molecule has 1 aliphatic carbocycles. The minimum Gasteiger partial charge on any atom is -0.444 e. The van der Waals surface area contributed by atoms with E-state index >= 15 is 0 Å². The zero-order valence-corrected chi connectivity index (χ0v) is 13.1. The summed E-state index contributed by atoms with van der Waals surface area (Å²) in [5, 5.41) is 3.76. The monoisotopic (exact) mass is 312 g/mol. The molecule has 4 rings (SSSR count). The lowest BCUT2D eigenvalue weighted by atomic mass is 9.95. The Hall–Kier alpha value is -2.14. The molecule has 2 aromatic heterocycles. The second kappa shape index (κ2) is 5.25. The predicted octanol–water partition coefficient (Wildman–Crippen LogP) is 4.39. The number of nitrogens with one attached hydrogen (secondary N) is 1. The van der Waals surface area contributed by atoms with Gasteiger partial charge < -0.3 is 4.42 Å². The second-order valence-corrected chi connectivity index (χ2v) is 6.61. The maximum absolute atomic E-state index is 11.5. The van der Waals surface area contributed by atoms with E-state index in [-0.39, 0.29) is 5.91 Å². The number of carbonyl (C=O) groups excluding carboxylic acids is 1. The highest BCUT2D eigenvalue weighted by Crippen LogP contribution is 2.42. The lowest BCUT2D eigenvalue weighted by Crippen LogP contribution is -2.06. The maximum Gasteiger partial charge on any atom is 0.223 e. The molecule has 0 aliphatic heterocycles. The molecule has 1 aromatic carbocycles. The third-order valence-corrected chi connectivity index (χ3v) is 5.02. The Morgan fingerprint density at radius 2 is 2.09 bits per heavy atom. The van der Waals surface area contributed by atoms with E-state index in [4.69, 9.17) is 9.40 Å². The normalized spacial score (nSPS) is 14.0. The van der Waals surface area contributed by atoms with Crippen LogP contribution in [0.3, 0.4) is 0 Å². The van der Waals surface area contributed by atoms with Crippen molar-refractivity contribution < 1.29 is 9.21 Å². The number of hydrogen-bond acceptors (Lipinski definition) is 4. The van der Waals surface area contributed by atoms with Crippen LogP contribution in [0.4, 0.5) is 5.88 Å². The van der Waals surface area contributed by atoms with Gasteiger partial charge in [-0.2, -0.15) is 0 Å². The Labute approximate surface area is 132 Å². The van der Waals surface area contributed by atoms with Gasteiger partial charge in [0.1, 0.15) is 10.8 Å². The molecule has 3 aromatic rings. The zero-order chi connectivity index (χ0) is 15.1. The highest BCUT2D eigenvalue weighted by molar-refractivity contribution is 7.21. The van der Waals surface area contributed by atoms with Crippen molar-refractivity contribution >= 4 is 33.3 Å². The molecular formula is C17H16N2O2S. The average molecular weight is 312 g/mol. The Bertz CT molecular complexity index is 830. The van der Waals surface area contributed by atoms with Gasteiger partial charge in [-0.25, -0.2) is 4.98 Å². The number of nitrogens with zero attached hydrogens (tertiary/aromatic N) is 1. The number of rotatable bonds is 2. The van der Waals surface area contributed by atoms with Crippen molar-refractivity contribution in [3.63, 3.8) is 0 Å². The molecule has 1 amide bonds. The number of aryl methyl sites for hydroxylation is 1. The van der Waals surface area contributed by atoms with Crippen molar-refractivity contribution in [2.24, 2.45) is 0 Å². The smallest absolute Gasteiger partial charge is 0.223 e. The molecular weight excluding hydrogens is 296 g/mol. The number of fused-ring (bicyclic) bond motifs is 2. The van der Waals surface area contributed by atoms with E-state index in [2.05, 4.69) is 11.4 Å². The number of hydrogen-bond donors (Lipinski definition) is 1. The Morgan fingerprint density at radius 3 is 2.91 bits per heavy atom. The molecule has 5 heteroatoms. The minimum absolute atomic E-state index is 0.117. The topological polar surface area (TPSA) is 55.1 Å². The first-order valence-electron chi connectivity index (χ1n) is 7.50. The van der Waals surface area contributed by atoms with Gasteiger partial charge in [-0.1, -0.05) is 12.1 Å². The molecule has 0 unspecified atom stereocenters. The fourth-order valence-electron chi connectivity index (χ4n) is 3.02. The highest BCUT2D eigenvalue weighted by atomic mass is 32.1. The average Bonchev–Trinajstić information content (AvgIpc) is 3.06. The first-order chi connectivity index (χ1) is 10.7. The quantitative estimate of drug-likeness (QED) is 0.763. The lowest BCUT2D eigenvalue weighted by Gasteiger charge is -2.09. The Kier molecular flexibility index (Phi) is 3.22. The zero-order valence-electron chi connectivity index (χ0n) is 12.3. The molecule has 0 atom stereocenters. The summed E-state index contributed by atoms with van der Waals surface area (Å²) in [6, 6.07) is 8.09. The van der Waals surface area contributed by atoms with E-state index in [0.717, 1.165) is 52.2 Å². The molecule has 4 nitrogen and oxygen atoms in total. The largest absolute Gasteiger partial charge is 0.444 e. The molecule has 22 heavy (non-hydrogen) atoms. The van der Waals surface area contributed by atoms with Crippen LogP contribution in [-0.2, 0) is 17.6 Å². The molecule has 1 aliphatic rings. The number of amides is 1. The van der Waals surface area contributed by atoms with Crippen LogP contribution in [-0.4, -0.2) is 10.9 Å². The molecule has 0 fully saturated rings. The van der Waals surface area contributed by atoms with Gasteiger partial charge in [0.05, 0.1) is 15.8 Å². The van der Waals surface area contributed by atoms with E-state index in [1.54, 1.807) is 11.3 Å². The van der Waals surface area contributed by atoms with E-state index < -0.39 is 0 Å². The van der Waals surface area contributed by atoms with Gasteiger partial charge in [-0.05, 0) is 31.4 Å². The summed E-state index contributed by atoms with van der Waals surface area (Å²) in [4.78, 5) is 16.2. The maximum atomic E-state index is 11.5. The van der Waals surface area contributed by atoms with Crippen molar-refractivity contribution in [3.05, 3.63) is 35.6 Å². The van der Waals surface area contributed by atoms with Crippen molar-refractivity contribution in [3.8, 4) is 10.6 Å². The summed E-state index contributed by atoms with van der Waals surface area (Å²) in [7, 11) is 0. The fraction of sp³-hybridized carbons (Fsp3) is 0.294. The molecule has 2 heterocycles. The van der Waals surface area contributed by atoms with Crippen LogP contribution in [0.15, 0.2) is 28.7 Å². The molecule has 1 N–H and O–H groups in total. The van der Waals surface area contributed by atoms with Gasteiger partial charge in [0, 0.05) is 18.9 Å². The van der Waals surface area contributed by atoms with Gasteiger partial charge in [0.2, 0.25) is 11.8 Å². The molecule has 0 saturated heterocycles. The first-order valence-corrected chi connectivity index (χ1v) is 8.32. The van der Waals surface area contributed by atoms with Crippen LogP contribution in [0.5, 0.6) is 0 Å². The van der Waals surface area contributed by atoms with Crippen LogP contribution in [0, 0.1) is 0 Å². The number of para-hydroxylation sites is 1. The second-order valence-electron chi connectivity index (χ2n) is 5.58. The number of aromatic nitrogens is 1. The van der Waals surface area contributed by atoms with Crippen LogP contribution in [0.2, 0.25) is 0 Å². The molecule has 0 bridgehead atoms. The lowest BCUT2D eigenvalue weighted by molar-refractivity contribution is -0.114. The van der Waals surface area contributed by atoms with Crippen LogP contribution in [0.1, 0.15) is 31.1 Å². The first kappa shape index (κ1) is 13.5. The summed E-state index contributed by atoms with van der Waals surface area (Å²) in [6.45, 7) is 1.50. The van der Waals surface area contributed by atoms with Gasteiger partial charge in [-0.15, -0.1) is 11.3 Å². The van der Waals surface area contributed by atoms with Gasteiger partial charge in [-0.3, -0.25) is 10.1 Å². The van der Waals surface area contributed by atoms with Gasteiger partial charge in [0.15, 0.2) is 0 Å². The summed E-state index contributed by atoms with van der Waals surface area (Å²) < 4.78 is 7.08. The van der Waals surface area contributed by atoms with E-state index in [1.165, 1.54) is 12.5 Å². The standard InChI is InChI=1S/C17H16N2O2S/c1-10(20)18-16-15(11-6-2-4-8-13(11)21-16)17-19-12-7-3-5-9-14(12)22-17/h3,5,7,9H,2,4,6,8H2,1H3,(H,18,20). The van der Waals surface area contributed by atoms with Crippen LogP contribution >= 0.6 is 11.3 Å². The summed E-state index contributed by atoms with van der Waals surface area (Å²) in [6.07, 6.45) is 4.22. The van der Waals surface area contributed by atoms with Gasteiger partial charge in [0.25, 0.3) is 0 Å². The van der Waals surface area contributed by atoms with Crippen molar-refractivity contribution in [2.45, 2.75) is 32.6 Å². The number of anilines is 1. The van der Waals surface area contributed by atoms with Crippen LogP contribution < -0.4 is 5.32 Å². The third kappa shape index (κ3) is 2.22. The molecule has 0 spiro atoms. The van der Waals surface area contributed by atoms with Crippen molar-refractivity contribution in [2.75, 3.05) is 5.32 Å². The molecule has 0 radical (unpaired) electrons. The summed E-state index contributed by atoms with van der Waals surface area (Å²) in [5.41, 5.74) is 3.18. The molecule has 112 valence electrons. The van der Waals surface area contributed by atoms with E-state index in [1.807, 2.05) is 18.2 Å². The SMILES string of the molecule is CC(=O)Nc1oc2c(c1-c1nc3ccccc3s1)CCCC2. The van der Waals surface area contributed by atoms with E-state index in [0.29, 0.717) is 5.88 Å². The number of benzene rings is 1. The number of carbonyl (C=O) groups is 1. The Morgan fingerprint density at radius 1 is 1.27 bits per heavy atom.